The van der Waals surface area contributed by atoms with E-state index < -0.39 is 11.2 Å². The van der Waals surface area contributed by atoms with Crippen molar-refractivity contribution in [1.82, 2.24) is 9.55 Å². The van der Waals surface area contributed by atoms with Crippen LogP contribution in [0.4, 0.5) is 0 Å². The summed E-state index contributed by atoms with van der Waals surface area (Å²) in [6.07, 6.45) is 0. The lowest BCUT2D eigenvalue weighted by molar-refractivity contribution is -0.114. The molecule has 0 atom stereocenters. The molecule has 5 nitrogen and oxygen atoms in total. The minimum atomic E-state index is -0.467. The molecule has 0 saturated heterocycles. The van der Waals surface area contributed by atoms with Gasteiger partial charge in [-0.3, -0.25) is 4.57 Å². The Kier molecular flexibility index (Phi) is 4.78. The van der Waals surface area contributed by atoms with Crippen molar-refractivity contribution < 1.29 is 9.39 Å². The molecule has 1 N–H and O–H groups in total. The van der Waals surface area contributed by atoms with E-state index in [1.54, 1.807) is 11.7 Å². The standard InChI is InChI=1S/C17H27BN2O3/c1-11(2)20-13-10-8-9-12(14(13)19-15(20)21)18-23-17(5,6)16(3,4)22-7/h8-11,18H,1-7H3,(H,19,21). The van der Waals surface area contributed by atoms with E-state index >= 15 is 0 Å². The molecule has 0 aliphatic rings. The first-order valence-corrected chi connectivity index (χ1v) is 8.02. The summed E-state index contributed by atoms with van der Waals surface area (Å²) < 4.78 is 13.4. The largest absolute Gasteiger partial charge is 0.427 e. The zero-order valence-electron chi connectivity index (χ0n) is 15.2. The van der Waals surface area contributed by atoms with Gasteiger partial charge in [0.2, 0.25) is 0 Å². The number of ether oxygens (including phenoxy) is 1. The molecule has 0 aliphatic carbocycles. The maximum Gasteiger partial charge on any atom is 0.326 e. The average Bonchev–Trinajstić information content (AvgIpc) is 2.81. The van der Waals surface area contributed by atoms with Crippen LogP contribution in [0.1, 0.15) is 47.6 Å². The number of hydrogen-bond donors (Lipinski definition) is 1. The van der Waals surface area contributed by atoms with E-state index in [4.69, 9.17) is 9.39 Å². The van der Waals surface area contributed by atoms with Gasteiger partial charge in [0.1, 0.15) is 0 Å². The molecule has 126 valence electrons. The van der Waals surface area contributed by atoms with Crippen LogP contribution in [0, 0.1) is 0 Å². The molecule has 1 aromatic heterocycles. The fourth-order valence-electron chi connectivity index (χ4n) is 2.52. The van der Waals surface area contributed by atoms with E-state index in [0.29, 0.717) is 7.48 Å². The Labute approximate surface area is 138 Å². The lowest BCUT2D eigenvalue weighted by Crippen LogP contribution is -2.50. The van der Waals surface area contributed by atoms with Gasteiger partial charge in [-0.15, -0.1) is 0 Å². The number of nitrogens with one attached hydrogen (secondary N) is 1. The number of benzene rings is 1. The second kappa shape index (κ2) is 6.17. The van der Waals surface area contributed by atoms with Gasteiger partial charge in [0.15, 0.2) is 0 Å². The highest BCUT2D eigenvalue weighted by atomic mass is 16.5. The van der Waals surface area contributed by atoms with E-state index in [2.05, 4.69) is 4.98 Å². The van der Waals surface area contributed by atoms with Crippen molar-refractivity contribution in [3.05, 3.63) is 28.7 Å². The Morgan fingerprint density at radius 1 is 1.17 bits per heavy atom. The summed E-state index contributed by atoms with van der Waals surface area (Å²) in [6, 6.07) is 6.01. The molecule has 0 amide bonds. The quantitative estimate of drug-likeness (QED) is 0.830. The molecule has 0 unspecified atom stereocenters. The van der Waals surface area contributed by atoms with Crippen LogP contribution in [0.5, 0.6) is 0 Å². The van der Waals surface area contributed by atoms with Gasteiger partial charge in [0, 0.05) is 13.2 Å². The highest BCUT2D eigenvalue weighted by Crippen LogP contribution is 2.27. The number of rotatable bonds is 6. The lowest BCUT2D eigenvalue weighted by atomic mass is 9.82. The molecular formula is C17H27BN2O3. The van der Waals surface area contributed by atoms with Gasteiger partial charge in [-0.25, -0.2) is 4.79 Å². The van der Waals surface area contributed by atoms with Crippen molar-refractivity contribution in [2.24, 2.45) is 0 Å². The summed E-state index contributed by atoms with van der Waals surface area (Å²) in [5.41, 5.74) is 1.76. The van der Waals surface area contributed by atoms with Crippen LogP contribution in [-0.2, 0) is 9.39 Å². The fraction of sp³-hybridized carbons (Fsp3) is 0.588. The smallest absolute Gasteiger partial charge is 0.326 e. The molecule has 1 heterocycles. The fourth-order valence-corrected chi connectivity index (χ4v) is 2.52. The van der Waals surface area contributed by atoms with Gasteiger partial charge in [-0.1, -0.05) is 12.1 Å². The topological polar surface area (TPSA) is 56.2 Å². The molecule has 2 aromatic rings. The first-order valence-electron chi connectivity index (χ1n) is 8.02. The van der Waals surface area contributed by atoms with Gasteiger partial charge < -0.3 is 14.4 Å². The van der Waals surface area contributed by atoms with Crippen molar-refractivity contribution in [3.8, 4) is 0 Å². The van der Waals surface area contributed by atoms with E-state index in [1.165, 1.54) is 0 Å². The van der Waals surface area contributed by atoms with Crippen molar-refractivity contribution >= 4 is 24.0 Å². The van der Waals surface area contributed by atoms with Gasteiger partial charge in [0.05, 0.1) is 22.2 Å². The number of hydrogen-bond acceptors (Lipinski definition) is 3. The molecule has 0 radical (unpaired) electrons. The van der Waals surface area contributed by atoms with Crippen LogP contribution in [-0.4, -0.2) is 35.3 Å². The highest BCUT2D eigenvalue weighted by Gasteiger charge is 2.38. The summed E-state index contributed by atoms with van der Waals surface area (Å²) in [5, 5.41) is 0. The highest BCUT2D eigenvalue weighted by molar-refractivity contribution is 6.51. The molecule has 2 rings (SSSR count). The van der Waals surface area contributed by atoms with Gasteiger partial charge >= 0.3 is 13.2 Å². The lowest BCUT2D eigenvalue weighted by Gasteiger charge is -2.40. The normalized spacial score (nSPS) is 13.0. The molecule has 0 saturated carbocycles. The number of H-pyrrole nitrogens is 1. The number of methoxy groups -OCH3 is 1. The minimum Gasteiger partial charge on any atom is -0.427 e. The Morgan fingerprint density at radius 2 is 1.83 bits per heavy atom. The second-order valence-electron chi connectivity index (χ2n) is 7.22. The monoisotopic (exact) mass is 318 g/mol. The SMILES string of the molecule is COC(C)(C)C(C)(C)OBc1cccc2c1[nH]c(=O)n2C(C)C. The summed E-state index contributed by atoms with van der Waals surface area (Å²) in [7, 11) is 2.10. The number of para-hydroxylation sites is 1. The van der Waals surface area contributed by atoms with Gasteiger partial charge in [-0.05, 0) is 53.1 Å². The van der Waals surface area contributed by atoms with Crippen molar-refractivity contribution in [2.75, 3.05) is 7.11 Å². The Morgan fingerprint density at radius 3 is 2.39 bits per heavy atom. The minimum absolute atomic E-state index is 0.0843. The number of fused-ring (bicyclic) bond motifs is 1. The van der Waals surface area contributed by atoms with Crippen LogP contribution >= 0.6 is 0 Å². The Bertz CT molecular complexity index is 744. The third-order valence-corrected chi connectivity index (χ3v) is 4.90. The number of nitrogens with zero attached hydrogens (tertiary/aromatic N) is 1. The van der Waals surface area contributed by atoms with E-state index in [1.807, 2.05) is 59.7 Å². The van der Waals surface area contributed by atoms with Crippen molar-refractivity contribution in [3.63, 3.8) is 0 Å². The number of aromatic nitrogens is 2. The molecule has 0 fully saturated rings. The van der Waals surface area contributed by atoms with Crippen LogP contribution in [0.3, 0.4) is 0 Å². The maximum atomic E-state index is 12.2. The zero-order chi connectivity index (χ0) is 17.4. The van der Waals surface area contributed by atoms with E-state index in [9.17, 15) is 4.79 Å². The summed E-state index contributed by atoms with van der Waals surface area (Å²) in [6.45, 7) is 12.0. The van der Waals surface area contributed by atoms with Gasteiger partial charge in [-0.2, -0.15) is 0 Å². The Balaban J connectivity index is 2.36. The third-order valence-electron chi connectivity index (χ3n) is 4.90. The zero-order valence-corrected chi connectivity index (χ0v) is 15.2. The molecule has 0 aliphatic heterocycles. The van der Waals surface area contributed by atoms with Crippen LogP contribution < -0.4 is 11.2 Å². The predicted molar refractivity (Wildman–Crippen MR) is 96.0 cm³/mol. The first kappa shape index (κ1) is 17.8. The molecular weight excluding hydrogens is 291 g/mol. The molecule has 0 bridgehead atoms. The molecule has 1 aromatic carbocycles. The summed E-state index contributed by atoms with van der Waals surface area (Å²) >= 11 is 0. The number of imidazole rings is 1. The van der Waals surface area contributed by atoms with Gasteiger partial charge in [0.25, 0.3) is 0 Å². The molecule has 0 spiro atoms. The predicted octanol–water partition coefficient (Wildman–Crippen LogP) is 2.11. The molecule has 6 heteroatoms. The molecule has 23 heavy (non-hydrogen) atoms. The Hall–Kier alpha value is -1.53. The third kappa shape index (κ3) is 3.24. The summed E-state index contributed by atoms with van der Waals surface area (Å²) in [5.74, 6) is 0. The van der Waals surface area contributed by atoms with Crippen LogP contribution in [0.15, 0.2) is 23.0 Å². The van der Waals surface area contributed by atoms with E-state index in [-0.39, 0.29) is 11.7 Å². The van der Waals surface area contributed by atoms with E-state index in [0.717, 1.165) is 16.5 Å². The summed E-state index contributed by atoms with van der Waals surface area (Å²) in [4.78, 5) is 15.1. The van der Waals surface area contributed by atoms with Crippen molar-refractivity contribution in [1.29, 1.82) is 0 Å². The first-order chi connectivity index (χ1) is 10.6. The average molecular weight is 318 g/mol. The number of aromatic amines is 1. The second-order valence-corrected chi connectivity index (χ2v) is 7.22. The van der Waals surface area contributed by atoms with Crippen LogP contribution in [0.2, 0.25) is 0 Å². The van der Waals surface area contributed by atoms with Crippen molar-refractivity contribution in [2.45, 2.75) is 58.8 Å². The maximum absolute atomic E-state index is 12.2. The van der Waals surface area contributed by atoms with Crippen LogP contribution in [0.25, 0.3) is 11.0 Å².